The Hall–Kier alpha value is -3.56. The fraction of sp³-hybridized carbons (Fsp3) is 0.125. The van der Waals surface area contributed by atoms with Gasteiger partial charge in [-0.25, -0.2) is 0 Å². The number of hydrogen-bond acceptors (Lipinski definition) is 5. The maximum atomic E-state index is 12.6. The number of likely N-dealkylation sites (N-methyl/N-ethyl adjacent to an activating group) is 1. The van der Waals surface area contributed by atoms with Gasteiger partial charge in [0.1, 0.15) is 12.4 Å². The largest absolute Gasteiger partial charge is 0.488 e. The van der Waals surface area contributed by atoms with Crippen LogP contribution in [-0.4, -0.2) is 22.6 Å². The molecule has 1 aliphatic rings. The molecule has 0 aromatic heterocycles. The van der Waals surface area contributed by atoms with Gasteiger partial charge in [-0.1, -0.05) is 48.5 Å². The molecule has 0 radical (unpaired) electrons. The summed E-state index contributed by atoms with van der Waals surface area (Å²) in [5.41, 5.74) is 2.08. The molecule has 1 heterocycles. The van der Waals surface area contributed by atoms with E-state index in [4.69, 9.17) is 4.74 Å². The lowest BCUT2D eigenvalue weighted by Gasteiger charge is -2.13. The quantitative estimate of drug-likeness (QED) is 0.527. The Bertz CT molecular complexity index is 1230. The zero-order chi connectivity index (χ0) is 21.1. The van der Waals surface area contributed by atoms with Crippen molar-refractivity contribution in [2.75, 3.05) is 6.54 Å². The lowest BCUT2D eigenvalue weighted by atomic mass is 10.0. The van der Waals surface area contributed by atoms with Crippen LogP contribution in [-0.2, 0) is 11.4 Å². The van der Waals surface area contributed by atoms with Crippen molar-refractivity contribution in [2.45, 2.75) is 13.5 Å². The molecule has 0 unspecified atom stereocenters. The third-order valence-corrected chi connectivity index (χ3v) is 5.82. The molecule has 2 amide bonds. The van der Waals surface area contributed by atoms with Gasteiger partial charge in [-0.3, -0.25) is 14.5 Å². The number of imide groups is 1. The minimum absolute atomic E-state index is 0.222. The summed E-state index contributed by atoms with van der Waals surface area (Å²) in [6, 6.07) is 21.1. The average Bonchev–Trinajstić information content (AvgIpc) is 3.05. The molecule has 1 fully saturated rings. The normalized spacial score (nSPS) is 15.1. The molecule has 1 aliphatic heterocycles. The first-order valence-electron chi connectivity index (χ1n) is 9.50. The number of thioether (sulfide) groups is 1. The minimum Gasteiger partial charge on any atom is -0.488 e. The molecule has 1 saturated heterocycles. The van der Waals surface area contributed by atoms with Gasteiger partial charge in [-0.2, -0.15) is 5.26 Å². The molecule has 0 bridgehead atoms. The van der Waals surface area contributed by atoms with Gasteiger partial charge in [0.15, 0.2) is 0 Å². The highest BCUT2D eigenvalue weighted by atomic mass is 32.2. The molecule has 0 spiro atoms. The Kier molecular flexibility index (Phi) is 5.55. The second-order valence-corrected chi connectivity index (χ2v) is 7.68. The van der Waals surface area contributed by atoms with E-state index in [1.807, 2.05) is 54.6 Å². The fourth-order valence-electron chi connectivity index (χ4n) is 3.36. The van der Waals surface area contributed by atoms with Crippen LogP contribution in [0.25, 0.3) is 16.8 Å². The minimum atomic E-state index is -0.291. The SMILES string of the molecule is CCN1C(=O)S/C(=C/c2c(OCc3ccccc3C#N)ccc3ccccc23)C1=O. The first kappa shape index (κ1) is 19.7. The van der Waals surface area contributed by atoms with Crippen LogP contribution in [0.4, 0.5) is 4.79 Å². The van der Waals surface area contributed by atoms with Crippen molar-refractivity contribution in [3.63, 3.8) is 0 Å². The van der Waals surface area contributed by atoms with Crippen LogP contribution in [0.3, 0.4) is 0 Å². The van der Waals surface area contributed by atoms with E-state index in [0.717, 1.165) is 33.7 Å². The molecule has 0 N–H and O–H groups in total. The number of benzene rings is 3. The number of hydrogen-bond donors (Lipinski definition) is 0. The number of carbonyl (C=O) groups excluding carboxylic acids is 2. The lowest BCUT2D eigenvalue weighted by molar-refractivity contribution is -0.122. The molecule has 0 atom stereocenters. The van der Waals surface area contributed by atoms with Gasteiger partial charge in [0.05, 0.1) is 16.5 Å². The van der Waals surface area contributed by atoms with Crippen molar-refractivity contribution in [1.82, 2.24) is 4.90 Å². The van der Waals surface area contributed by atoms with Crippen LogP contribution in [0.1, 0.15) is 23.6 Å². The van der Waals surface area contributed by atoms with Crippen LogP contribution in [0.5, 0.6) is 5.75 Å². The number of carbonyl (C=O) groups is 2. The third kappa shape index (κ3) is 3.68. The molecule has 4 rings (SSSR count). The molecule has 6 heteroatoms. The van der Waals surface area contributed by atoms with Gasteiger partial charge in [-0.15, -0.1) is 0 Å². The molecule has 148 valence electrons. The molecule has 3 aromatic carbocycles. The molecule has 3 aromatic rings. The fourth-order valence-corrected chi connectivity index (χ4v) is 4.25. The average molecular weight is 414 g/mol. The van der Waals surface area contributed by atoms with E-state index < -0.39 is 0 Å². The van der Waals surface area contributed by atoms with E-state index in [1.54, 1.807) is 19.1 Å². The van der Waals surface area contributed by atoms with Crippen molar-refractivity contribution in [2.24, 2.45) is 0 Å². The van der Waals surface area contributed by atoms with Crippen LogP contribution < -0.4 is 4.74 Å². The number of nitrogens with zero attached hydrogens (tertiary/aromatic N) is 2. The van der Waals surface area contributed by atoms with Gasteiger partial charge in [0, 0.05) is 17.7 Å². The van der Waals surface area contributed by atoms with Gasteiger partial charge < -0.3 is 4.74 Å². The van der Waals surface area contributed by atoms with Crippen molar-refractivity contribution >= 4 is 39.8 Å². The van der Waals surface area contributed by atoms with Crippen LogP contribution in [0, 0.1) is 11.3 Å². The smallest absolute Gasteiger partial charge is 0.293 e. The molecular weight excluding hydrogens is 396 g/mol. The summed E-state index contributed by atoms with van der Waals surface area (Å²) in [7, 11) is 0. The first-order valence-corrected chi connectivity index (χ1v) is 10.3. The van der Waals surface area contributed by atoms with E-state index in [2.05, 4.69) is 6.07 Å². The standard InChI is InChI=1S/C24H18N2O3S/c1-2-26-23(27)22(30-24(26)28)13-20-19-10-6-5-7-16(19)11-12-21(20)29-15-18-9-4-3-8-17(18)14-25/h3-13H,2,15H2,1H3/b22-13+. The van der Waals surface area contributed by atoms with Gasteiger partial charge in [0.2, 0.25) is 0 Å². The van der Waals surface area contributed by atoms with Crippen molar-refractivity contribution in [3.05, 3.63) is 82.3 Å². The maximum Gasteiger partial charge on any atom is 0.293 e. The summed E-state index contributed by atoms with van der Waals surface area (Å²) in [6.45, 7) is 2.34. The van der Waals surface area contributed by atoms with Crippen LogP contribution in [0.2, 0.25) is 0 Å². The predicted octanol–water partition coefficient (Wildman–Crippen LogP) is 5.35. The summed E-state index contributed by atoms with van der Waals surface area (Å²) in [5, 5.41) is 11.0. The predicted molar refractivity (Wildman–Crippen MR) is 118 cm³/mol. The molecule has 5 nitrogen and oxygen atoms in total. The highest BCUT2D eigenvalue weighted by Crippen LogP contribution is 2.37. The number of fused-ring (bicyclic) bond motifs is 1. The Balaban J connectivity index is 1.76. The summed E-state index contributed by atoms with van der Waals surface area (Å²) >= 11 is 0.939. The Morgan fingerprint density at radius 1 is 1.07 bits per heavy atom. The number of nitriles is 1. The molecule has 0 aliphatic carbocycles. The van der Waals surface area contributed by atoms with E-state index in [-0.39, 0.29) is 17.8 Å². The maximum absolute atomic E-state index is 12.6. The molecule has 30 heavy (non-hydrogen) atoms. The Morgan fingerprint density at radius 3 is 2.60 bits per heavy atom. The third-order valence-electron chi connectivity index (χ3n) is 4.92. The van der Waals surface area contributed by atoms with E-state index in [9.17, 15) is 14.9 Å². The van der Waals surface area contributed by atoms with Crippen molar-refractivity contribution in [1.29, 1.82) is 5.26 Å². The monoisotopic (exact) mass is 414 g/mol. The Morgan fingerprint density at radius 2 is 1.83 bits per heavy atom. The molecular formula is C24H18N2O3S. The second kappa shape index (κ2) is 8.44. The zero-order valence-corrected chi connectivity index (χ0v) is 17.1. The van der Waals surface area contributed by atoms with Gasteiger partial charge >= 0.3 is 0 Å². The lowest BCUT2D eigenvalue weighted by Crippen LogP contribution is -2.27. The van der Waals surface area contributed by atoms with Crippen LogP contribution in [0.15, 0.2) is 65.6 Å². The highest BCUT2D eigenvalue weighted by molar-refractivity contribution is 8.18. The first-order chi connectivity index (χ1) is 14.6. The van der Waals surface area contributed by atoms with E-state index >= 15 is 0 Å². The zero-order valence-electron chi connectivity index (χ0n) is 16.3. The number of ether oxygens (including phenoxy) is 1. The number of amides is 2. The summed E-state index contributed by atoms with van der Waals surface area (Å²) in [4.78, 5) is 26.3. The van der Waals surface area contributed by atoms with Gasteiger partial charge in [0.25, 0.3) is 11.1 Å². The summed E-state index contributed by atoms with van der Waals surface area (Å²) in [5.74, 6) is 0.297. The number of rotatable bonds is 5. The summed E-state index contributed by atoms with van der Waals surface area (Å²) in [6.07, 6.45) is 1.73. The summed E-state index contributed by atoms with van der Waals surface area (Å²) < 4.78 is 6.08. The van der Waals surface area contributed by atoms with Gasteiger partial charge in [-0.05, 0) is 47.7 Å². The van der Waals surface area contributed by atoms with E-state index in [1.165, 1.54) is 4.90 Å². The van der Waals surface area contributed by atoms with Crippen LogP contribution >= 0.6 is 11.8 Å². The second-order valence-electron chi connectivity index (χ2n) is 6.68. The molecule has 0 saturated carbocycles. The van der Waals surface area contributed by atoms with Crippen molar-refractivity contribution < 1.29 is 14.3 Å². The van der Waals surface area contributed by atoms with E-state index in [0.29, 0.717) is 22.8 Å². The Labute approximate surface area is 178 Å². The van der Waals surface area contributed by atoms with Crippen molar-refractivity contribution in [3.8, 4) is 11.8 Å². The highest BCUT2D eigenvalue weighted by Gasteiger charge is 2.34. The topological polar surface area (TPSA) is 70.4 Å².